The molecule has 1 aromatic carbocycles. The normalized spacial score (nSPS) is 11.8. The van der Waals surface area contributed by atoms with Gasteiger partial charge in [-0.05, 0) is 25.1 Å². The van der Waals surface area contributed by atoms with Gasteiger partial charge in [0.05, 0.1) is 5.56 Å². The lowest BCUT2D eigenvalue weighted by Gasteiger charge is -2.16. The van der Waals surface area contributed by atoms with Gasteiger partial charge in [-0.25, -0.2) is 0 Å². The number of esters is 1. The largest absolute Gasteiger partial charge is 0.454 e. The highest BCUT2D eigenvalue weighted by Gasteiger charge is 2.13. The Morgan fingerprint density at radius 2 is 1.94 bits per heavy atom. The number of hydrogen-bond donors (Lipinski definition) is 0. The van der Waals surface area contributed by atoms with Gasteiger partial charge in [-0.2, -0.15) is 0 Å². The van der Waals surface area contributed by atoms with Gasteiger partial charge in [0.1, 0.15) is 5.75 Å². The quantitative estimate of drug-likeness (QED) is 0.487. The summed E-state index contributed by atoms with van der Waals surface area (Å²) in [7, 11) is 0. The van der Waals surface area contributed by atoms with E-state index in [1.165, 1.54) is 13.8 Å². The minimum absolute atomic E-state index is 0.109. The molecule has 17 heavy (non-hydrogen) atoms. The monoisotopic (exact) mass is 300 g/mol. The van der Waals surface area contributed by atoms with E-state index in [1.54, 1.807) is 25.1 Å². The Labute approximate surface area is 108 Å². The minimum atomic E-state index is -0.736. The number of ether oxygens (including phenoxy) is 2. The smallest absolute Gasteiger partial charge is 0.305 e. The summed E-state index contributed by atoms with van der Waals surface area (Å²) >= 11 is 3.29. The summed E-state index contributed by atoms with van der Waals surface area (Å²) in [6.07, 6.45) is -0.736. The van der Waals surface area contributed by atoms with E-state index in [0.717, 1.165) is 4.47 Å². The molecule has 92 valence electrons. The summed E-state index contributed by atoms with van der Waals surface area (Å²) in [5.74, 6) is -0.153. The molecule has 0 fully saturated rings. The lowest BCUT2D eigenvalue weighted by Crippen LogP contribution is -2.20. The van der Waals surface area contributed by atoms with Gasteiger partial charge in [0.15, 0.2) is 5.78 Å². The summed E-state index contributed by atoms with van der Waals surface area (Å²) in [6, 6.07) is 5.07. The van der Waals surface area contributed by atoms with E-state index >= 15 is 0 Å². The molecule has 0 aliphatic carbocycles. The first-order valence-corrected chi connectivity index (χ1v) is 5.84. The second kappa shape index (κ2) is 5.82. The third kappa shape index (κ3) is 4.19. The Morgan fingerprint density at radius 1 is 1.29 bits per heavy atom. The third-order valence-corrected chi connectivity index (χ3v) is 2.44. The Kier molecular flexibility index (Phi) is 4.69. The van der Waals surface area contributed by atoms with Crippen molar-refractivity contribution in [1.29, 1.82) is 0 Å². The second-order valence-corrected chi connectivity index (χ2v) is 4.41. The zero-order valence-electron chi connectivity index (χ0n) is 9.82. The zero-order chi connectivity index (χ0) is 13.0. The van der Waals surface area contributed by atoms with Crippen LogP contribution in [0.3, 0.4) is 0 Å². The molecule has 0 heterocycles. The molecule has 5 heteroatoms. The first-order chi connectivity index (χ1) is 7.90. The standard InChI is InChI=1S/C12H13BrO4/c1-7(14)11-5-4-10(13)6-12(11)17-9(3)16-8(2)15/h4-6,9H,1-3H3. The van der Waals surface area contributed by atoms with Crippen molar-refractivity contribution in [2.45, 2.75) is 27.1 Å². The summed E-state index contributed by atoms with van der Waals surface area (Å²) < 4.78 is 11.0. The van der Waals surface area contributed by atoms with Crippen LogP contribution in [-0.4, -0.2) is 18.0 Å². The first kappa shape index (κ1) is 13.7. The van der Waals surface area contributed by atoms with Crippen LogP contribution >= 0.6 is 15.9 Å². The molecule has 0 spiro atoms. The van der Waals surface area contributed by atoms with Gasteiger partial charge < -0.3 is 9.47 Å². The maximum absolute atomic E-state index is 11.4. The van der Waals surface area contributed by atoms with Crippen molar-refractivity contribution in [3.63, 3.8) is 0 Å². The van der Waals surface area contributed by atoms with Crippen LogP contribution in [-0.2, 0) is 9.53 Å². The molecule has 0 bridgehead atoms. The van der Waals surface area contributed by atoms with E-state index in [1.807, 2.05) is 0 Å². The summed E-state index contributed by atoms with van der Waals surface area (Å²) in [5, 5.41) is 0. The Morgan fingerprint density at radius 3 is 2.47 bits per heavy atom. The molecule has 0 aliphatic rings. The first-order valence-electron chi connectivity index (χ1n) is 5.04. The van der Waals surface area contributed by atoms with Gasteiger partial charge in [0.2, 0.25) is 6.29 Å². The fraction of sp³-hybridized carbons (Fsp3) is 0.333. The van der Waals surface area contributed by atoms with Crippen LogP contribution in [0.5, 0.6) is 5.75 Å². The molecule has 1 atom stereocenters. The Bertz CT molecular complexity index is 442. The third-order valence-electron chi connectivity index (χ3n) is 1.95. The molecule has 0 saturated heterocycles. The molecule has 4 nitrogen and oxygen atoms in total. The van der Waals surface area contributed by atoms with E-state index in [9.17, 15) is 9.59 Å². The second-order valence-electron chi connectivity index (χ2n) is 3.49. The molecule has 0 aliphatic heterocycles. The van der Waals surface area contributed by atoms with E-state index in [0.29, 0.717) is 11.3 Å². The lowest BCUT2D eigenvalue weighted by atomic mass is 10.1. The molecule has 1 aromatic rings. The predicted molar refractivity (Wildman–Crippen MR) is 66.0 cm³/mol. The Balaban J connectivity index is 2.92. The molecule has 0 aromatic heterocycles. The SMILES string of the molecule is CC(=O)OC(C)Oc1cc(Br)ccc1C(C)=O. The van der Waals surface area contributed by atoms with Crippen molar-refractivity contribution in [2.75, 3.05) is 0 Å². The van der Waals surface area contributed by atoms with Crippen LogP contribution in [0.25, 0.3) is 0 Å². The fourth-order valence-electron chi connectivity index (χ4n) is 1.32. The van der Waals surface area contributed by atoms with Gasteiger partial charge in [-0.15, -0.1) is 0 Å². The maximum atomic E-state index is 11.4. The van der Waals surface area contributed by atoms with Crippen LogP contribution < -0.4 is 4.74 Å². The highest BCUT2D eigenvalue weighted by atomic mass is 79.9. The van der Waals surface area contributed by atoms with Crippen molar-refractivity contribution in [1.82, 2.24) is 0 Å². The van der Waals surface area contributed by atoms with Crippen LogP contribution in [0.15, 0.2) is 22.7 Å². The number of carbonyl (C=O) groups excluding carboxylic acids is 2. The molecule has 0 saturated carbocycles. The number of carbonyl (C=O) groups is 2. The maximum Gasteiger partial charge on any atom is 0.305 e. The topological polar surface area (TPSA) is 52.6 Å². The molecular weight excluding hydrogens is 288 g/mol. The molecule has 0 radical (unpaired) electrons. The van der Waals surface area contributed by atoms with E-state index in [2.05, 4.69) is 15.9 Å². The van der Waals surface area contributed by atoms with Crippen LogP contribution in [0.2, 0.25) is 0 Å². The lowest BCUT2D eigenvalue weighted by molar-refractivity contribution is -0.158. The number of hydrogen-bond acceptors (Lipinski definition) is 4. The van der Waals surface area contributed by atoms with Crippen molar-refractivity contribution in [3.05, 3.63) is 28.2 Å². The molecule has 0 amide bonds. The number of halogens is 1. The number of benzene rings is 1. The van der Waals surface area contributed by atoms with Gasteiger partial charge in [0.25, 0.3) is 0 Å². The molecular formula is C12H13BrO4. The Hall–Kier alpha value is -1.36. The van der Waals surface area contributed by atoms with Crippen molar-refractivity contribution in [3.8, 4) is 5.75 Å². The number of rotatable bonds is 4. The molecule has 1 rings (SSSR count). The minimum Gasteiger partial charge on any atom is -0.454 e. The number of ketones is 1. The highest BCUT2D eigenvalue weighted by Crippen LogP contribution is 2.25. The molecule has 1 unspecified atom stereocenters. The van der Waals surface area contributed by atoms with Gasteiger partial charge in [-0.3, -0.25) is 9.59 Å². The van der Waals surface area contributed by atoms with E-state index in [4.69, 9.17) is 9.47 Å². The van der Waals surface area contributed by atoms with Crippen LogP contribution in [0, 0.1) is 0 Å². The van der Waals surface area contributed by atoms with Gasteiger partial charge >= 0.3 is 5.97 Å². The van der Waals surface area contributed by atoms with Crippen molar-refractivity contribution >= 4 is 27.7 Å². The average molecular weight is 301 g/mol. The zero-order valence-corrected chi connectivity index (χ0v) is 11.4. The van der Waals surface area contributed by atoms with Crippen LogP contribution in [0.1, 0.15) is 31.1 Å². The van der Waals surface area contributed by atoms with E-state index < -0.39 is 12.3 Å². The summed E-state index contributed by atoms with van der Waals surface area (Å²) in [4.78, 5) is 22.1. The highest BCUT2D eigenvalue weighted by molar-refractivity contribution is 9.10. The van der Waals surface area contributed by atoms with Gasteiger partial charge in [0, 0.05) is 18.3 Å². The van der Waals surface area contributed by atoms with Crippen molar-refractivity contribution in [2.24, 2.45) is 0 Å². The van der Waals surface area contributed by atoms with Gasteiger partial charge in [-0.1, -0.05) is 15.9 Å². The van der Waals surface area contributed by atoms with Crippen LogP contribution in [0.4, 0.5) is 0 Å². The number of Topliss-reactive ketones (excluding diaryl/α,β-unsaturated/α-hetero) is 1. The molecule has 0 N–H and O–H groups in total. The average Bonchev–Trinajstić information content (AvgIpc) is 2.15. The fourth-order valence-corrected chi connectivity index (χ4v) is 1.66. The summed E-state index contributed by atoms with van der Waals surface area (Å²) in [6.45, 7) is 4.34. The van der Waals surface area contributed by atoms with E-state index in [-0.39, 0.29) is 5.78 Å². The summed E-state index contributed by atoms with van der Waals surface area (Å²) in [5.41, 5.74) is 0.451. The van der Waals surface area contributed by atoms with Crippen molar-refractivity contribution < 1.29 is 19.1 Å². The predicted octanol–water partition coefficient (Wildman–Crippen LogP) is 2.94.